The fraction of sp³-hybridized carbons (Fsp3) is 0.519. The van der Waals surface area contributed by atoms with Gasteiger partial charge in [0.25, 0.3) is 5.56 Å². The zero-order chi connectivity index (χ0) is 24.0. The lowest BCUT2D eigenvalue weighted by Gasteiger charge is -2.50. The molecule has 34 heavy (non-hydrogen) atoms. The van der Waals surface area contributed by atoms with E-state index in [0.29, 0.717) is 29.2 Å². The highest BCUT2D eigenvalue weighted by atomic mass is 32.2. The molecule has 7 heteroatoms. The maximum absolute atomic E-state index is 12.7. The van der Waals surface area contributed by atoms with Crippen molar-refractivity contribution < 1.29 is 4.74 Å². The molecule has 182 valence electrons. The number of anilines is 1. The van der Waals surface area contributed by atoms with Crippen molar-refractivity contribution in [2.24, 2.45) is 36.5 Å². The number of pyridine rings is 1. The Balaban J connectivity index is 1.57. The fourth-order valence-electron chi connectivity index (χ4n) is 6.78. The number of rotatable bonds is 6. The molecule has 5 atom stereocenters. The highest BCUT2D eigenvalue weighted by molar-refractivity contribution is 7.99. The van der Waals surface area contributed by atoms with E-state index in [2.05, 4.69) is 41.8 Å². The number of nitrogens with zero attached hydrogens (tertiary/aromatic N) is 1. The van der Waals surface area contributed by atoms with Crippen LogP contribution < -0.4 is 20.8 Å². The predicted octanol–water partition coefficient (Wildman–Crippen LogP) is 5.39. The molecule has 6 nitrogen and oxygen atoms in total. The van der Waals surface area contributed by atoms with Gasteiger partial charge in [0.05, 0.1) is 0 Å². The van der Waals surface area contributed by atoms with Gasteiger partial charge in [0.15, 0.2) is 0 Å². The Morgan fingerprint density at radius 1 is 1.26 bits per heavy atom. The van der Waals surface area contributed by atoms with E-state index < -0.39 is 0 Å². The van der Waals surface area contributed by atoms with Crippen LogP contribution in [0.1, 0.15) is 39.5 Å². The molecule has 2 aromatic heterocycles. The van der Waals surface area contributed by atoms with Gasteiger partial charge in [-0.05, 0) is 87.1 Å². The summed E-state index contributed by atoms with van der Waals surface area (Å²) < 4.78 is 11.9. The van der Waals surface area contributed by atoms with Crippen LogP contribution in [0.4, 0.5) is 5.69 Å². The first-order valence-electron chi connectivity index (χ1n) is 12.3. The molecule has 2 aliphatic rings. The summed E-state index contributed by atoms with van der Waals surface area (Å²) in [5, 5.41) is 0.914. The van der Waals surface area contributed by atoms with Crippen molar-refractivity contribution in [1.29, 1.82) is 0 Å². The van der Waals surface area contributed by atoms with E-state index in [1.165, 1.54) is 12.8 Å². The smallest absolute Gasteiger partial charge is 0.274 e. The van der Waals surface area contributed by atoms with Gasteiger partial charge in [0.2, 0.25) is 0 Å². The third-order valence-corrected chi connectivity index (χ3v) is 8.54. The quantitative estimate of drug-likeness (QED) is 0.412. The van der Waals surface area contributed by atoms with Crippen molar-refractivity contribution in [1.82, 2.24) is 9.55 Å². The first kappa shape index (κ1) is 23.4. The normalized spacial score (nSPS) is 28.7. The third-order valence-electron chi connectivity index (χ3n) is 8.10. The minimum atomic E-state index is -0.234. The molecule has 0 radical (unpaired) electrons. The van der Waals surface area contributed by atoms with Crippen LogP contribution in [0.3, 0.4) is 0 Å². The Kier molecular flexibility index (Phi) is 6.19. The molecule has 4 N–H and O–H groups in total. The topological polar surface area (TPSA) is 85.1 Å². The molecular formula is C27H36N4O2S. The summed E-state index contributed by atoms with van der Waals surface area (Å²) in [5.74, 6) is 3.45. The largest absolute Gasteiger partial charge is 0.487 e. The Morgan fingerprint density at radius 2 is 2.09 bits per heavy atom. The van der Waals surface area contributed by atoms with Crippen LogP contribution in [0.15, 0.2) is 41.5 Å². The van der Waals surface area contributed by atoms with Crippen LogP contribution in [0.25, 0.3) is 22.0 Å². The van der Waals surface area contributed by atoms with Gasteiger partial charge in [-0.3, -0.25) is 4.79 Å². The molecule has 2 heterocycles. The van der Waals surface area contributed by atoms with E-state index in [1.807, 2.05) is 24.7 Å². The number of H-pyrrole nitrogens is 1. The minimum absolute atomic E-state index is 0.0291. The molecule has 0 spiro atoms. The second-order valence-corrected chi connectivity index (χ2v) is 11.3. The van der Waals surface area contributed by atoms with Crippen molar-refractivity contribution in [2.45, 2.75) is 45.1 Å². The highest BCUT2D eigenvalue weighted by Crippen LogP contribution is 2.51. The highest BCUT2D eigenvalue weighted by Gasteiger charge is 2.46. The fourth-order valence-corrected chi connectivity index (χ4v) is 7.14. The number of aromatic nitrogens is 2. The Labute approximate surface area is 205 Å². The summed E-state index contributed by atoms with van der Waals surface area (Å²) in [6.45, 7) is 5.41. The number of aryl methyl sites for hydroxylation is 1. The van der Waals surface area contributed by atoms with Crippen LogP contribution in [0, 0.1) is 23.7 Å². The SMILES string of the molecule is CSNc1ccc(OC2(C)CC3CC(C)C(CN)C(C3)C2)c(-c2cn(C)c(=O)c3[nH]ccc23)c1. The van der Waals surface area contributed by atoms with E-state index in [1.54, 1.807) is 23.6 Å². The van der Waals surface area contributed by atoms with Crippen LogP contribution in [-0.2, 0) is 7.05 Å². The van der Waals surface area contributed by atoms with Crippen molar-refractivity contribution >= 4 is 28.5 Å². The van der Waals surface area contributed by atoms with Crippen molar-refractivity contribution in [3.8, 4) is 16.9 Å². The zero-order valence-electron chi connectivity index (χ0n) is 20.6. The summed E-state index contributed by atoms with van der Waals surface area (Å²) >= 11 is 1.56. The number of benzene rings is 1. The molecule has 0 amide bonds. The van der Waals surface area contributed by atoms with Gasteiger partial charge < -0.3 is 24.7 Å². The van der Waals surface area contributed by atoms with Gasteiger partial charge in [0, 0.05) is 47.9 Å². The Bertz CT molecular complexity index is 1250. The van der Waals surface area contributed by atoms with Crippen LogP contribution >= 0.6 is 11.9 Å². The molecule has 0 saturated heterocycles. The first-order valence-corrected chi connectivity index (χ1v) is 13.5. The number of nitrogens with two attached hydrogens (primary N) is 1. The third kappa shape index (κ3) is 4.13. The maximum atomic E-state index is 12.7. The van der Waals surface area contributed by atoms with Crippen LogP contribution in [-0.4, -0.2) is 28.0 Å². The van der Waals surface area contributed by atoms with Gasteiger partial charge in [-0.2, -0.15) is 0 Å². The molecule has 2 aliphatic carbocycles. The van der Waals surface area contributed by atoms with Gasteiger partial charge >= 0.3 is 0 Å². The van der Waals surface area contributed by atoms with E-state index in [9.17, 15) is 4.79 Å². The summed E-state index contributed by atoms with van der Waals surface area (Å²) in [7, 11) is 1.80. The summed E-state index contributed by atoms with van der Waals surface area (Å²) in [4.78, 5) is 15.8. The first-order chi connectivity index (χ1) is 16.3. The number of hydrogen-bond acceptors (Lipinski definition) is 5. The molecule has 2 fully saturated rings. The molecule has 5 rings (SSSR count). The number of nitrogens with one attached hydrogen (secondary N) is 2. The van der Waals surface area contributed by atoms with E-state index in [0.717, 1.165) is 47.3 Å². The Hall–Kier alpha value is -2.38. The Morgan fingerprint density at radius 3 is 2.85 bits per heavy atom. The van der Waals surface area contributed by atoms with E-state index >= 15 is 0 Å². The standard InChI is InChI=1S/C27H36N4O2S/c1-16-9-17-10-18(22(16)14-28)13-27(2,12-17)33-24-6-5-19(30-34-4)11-21(24)23-15-31(3)26(32)25-20(23)7-8-29-25/h5-8,11,15-18,22,29-30H,9-10,12-14,28H2,1-4H3. The lowest BCUT2D eigenvalue weighted by Crippen LogP contribution is -2.49. The molecule has 1 aromatic carbocycles. The number of ether oxygens (including phenoxy) is 1. The van der Waals surface area contributed by atoms with Crippen LogP contribution in [0.5, 0.6) is 5.75 Å². The minimum Gasteiger partial charge on any atom is -0.487 e. The number of fused-ring (bicyclic) bond motifs is 3. The van der Waals surface area contributed by atoms with Crippen LogP contribution in [0.2, 0.25) is 0 Å². The zero-order valence-corrected chi connectivity index (χ0v) is 21.4. The van der Waals surface area contributed by atoms with Crippen molar-refractivity contribution in [2.75, 3.05) is 17.5 Å². The van der Waals surface area contributed by atoms with Crippen molar-refractivity contribution in [3.05, 3.63) is 47.0 Å². The van der Waals surface area contributed by atoms with E-state index in [4.69, 9.17) is 10.5 Å². The average Bonchev–Trinajstić information content (AvgIpc) is 3.27. The molecule has 5 unspecified atom stereocenters. The second-order valence-electron chi connectivity index (χ2n) is 10.7. The summed E-state index contributed by atoms with van der Waals surface area (Å²) in [5.41, 5.74) is 9.56. The molecular weight excluding hydrogens is 444 g/mol. The summed E-state index contributed by atoms with van der Waals surface area (Å²) in [6, 6.07) is 8.26. The number of hydrogen-bond donors (Lipinski definition) is 3. The van der Waals surface area contributed by atoms with Gasteiger partial charge in [-0.1, -0.05) is 18.9 Å². The van der Waals surface area contributed by atoms with Gasteiger partial charge in [-0.15, -0.1) is 0 Å². The lowest BCUT2D eigenvalue weighted by atomic mass is 9.59. The predicted molar refractivity (Wildman–Crippen MR) is 142 cm³/mol. The number of aromatic amines is 1. The molecule has 3 aromatic rings. The van der Waals surface area contributed by atoms with Gasteiger partial charge in [-0.25, -0.2) is 0 Å². The molecule has 0 aliphatic heterocycles. The average molecular weight is 481 g/mol. The molecule has 2 bridgehead atoms. The van der Waals surface area contributed by atoms with Gasteiger partial charge in [0.1, 0.15) is 16.9 Å². The molecule has 2 saturated carbocycles. The van der Waals surface area contributed by atoms with E-state index in [-0.39, 0.29) is 11.2 Å². The second kappa shape index (κ2) is 9.00. The summed E-state index contributed by atoms with van der Waals surface area (Å²) in [6.07, 6.45) is 10.4. The monoisotopic (exact) mass is 480 g/mol. The maximum Gasteiger partial charge on any atom is 0.274 e. The lowest BCUT2D eigenvalue weighted by molar-refractivity contribution is -0.0501. The van der Waals surface area contributed by atoms with Crippen molar-refractivity contribution in [3.63, 3.8) is 0 Å².